The Morgan fingerprint density at radius 1 is 1.22 bits per heavy atom. The molecule has 4 nitrogen and oxygen atoms in total. The molecule has 98 valence electrons. The molecule has 0 spiro atoms. The van der Waals surface area contributed by atoms with Crippen molar-refractivity contribution in [1.82, 2.24) is 0 Å². The van der Waals surface area contributed by atoms with E-state index in [1.54, 1.807) is 14.2 Å². The number of allylic oxidation sites excluding steroid dienone is 1. The van der Waals surface area contributed by atoms with Gasteiger partial charge in [0, 0.05) is 6.42 Å². The molecule has 1 aromatic rings. The van der Waals surface area contributed by atoms with Gasteiger partial charge < -0.3 is 14.2 Å². The predicted molar refractivity (Wildman–Crippen MR) is 68.7 cm³/mol. The second kappa shape index (κ2) is 7.37. The molecule has 0 aliphatic carbocycles. The molecule has 0 aromatic heterocycles. The van der Waals surface area contributed by atoms with E-state index in [9.17, 15) is 4.79 Å². The molecule has 1 heterocycles. The van der Waals surface area contributed by atoms with Gasteiger partial charge in [0.1, 0.15) is 0 Å². The Morgan fingerprint density at radius 3 is 2.39 bits per heavy atom. The van der Waals surface area contributed by atoms with Crippen molar-refractivity contribution in [2.24, 2.45) is 0 Å². The number of esters is 1. The van der Waals surface area contributed by atoms with Crippen molar-refractivity contribution in [2.75, 3.05) is 14.2 Å². The number of ether oxygens (including phenoxy) is 3. The number of para-hydroxylation sites is 1. The van der Waals surface area contributed by atoms with E-state index in [4.69, 9.17) is 9.47 Å². The summed E-state index contributed by atoms with van der Waals surface area (Å²) in [6, 6.07) is 5.81. The van der Waals surface area contributed by atoms with E-state index in [0.717, 1.165) is 23.5 Å². The number of hydrogen-bond donors (Lipinski definition) is 0. The topological polar surface area (TPSA) is 44.8 Å². The lowest BCUT2D eigenvalue weighted by molar-refractivity contribution is -0.138. The van der Waals surface area contributed by atoms with Gasteiger partial charge in [0.15, 0.2) is 11.5 Å². The van der Waals surface area contributed by atoms with E-state index in [0.29, 0.717) is 6.42 Å². The van der Waals surface area contributed by atoms with Crippen LogP contribution in [0.25, 0.3) is 0 Å². The molecule has 1 aliphatic heterocycles. The predicted octanol–water partition coefficient (Wildman–Crippen LogP) is 2.85. The number of rotatable bonds is 2. The average molecular weight is 250 g/mol. The van der Waals surface area contributed by atoms with Gasteiger partial charge in [-0.1, -0.05) is 12.1 Å². The minimum absolute atomic E-state index is 0.123. The number of carbonyl (C=O) groups excluding carboxylic acids is 1. The van der Waals surface area contributed by atoms with E-state index in [2.05, 4.69) is 4.74 Å². The van der Waals surface area contributed by atoms with Crippen LogP contribution in [0.1, 0.15) is 18.4 Å². The molecule has 0 unspecified atom stereocenters. The van der Waals surface area contributed by atoms with Crippen LogP contribution >= 0.6 is 0 Å². The summed E-state index contributed by atoms with van der Waals surface area (Å²) >= 11 is 0. The quantitative estimate of drug-likeness (QED) is 0.757. The summed E-state index contributed by atoms with van der Waals surface area (Å²) in [5.41, 5.74) is 1.09. The molecule has 0 atom stereocenters. The summed E-state index contributed by atoms with van der Waals surface area (Å²) in [7, 11) is 3.28. The highest BCUT2D eigenvalue weighted by Gasteiger charge is 2.03. The number of carbonyl (C=O) groups is 1. The lowest BCUT2D eigenvalue weighted by atomic mass is 10.2. The molecular weight excluding hydrogens is 232 g/mol. The molecule has 4 heteroatoms. The normalized spacial score (nSPS) is 13.2. The molecule has 0 saturated carbocycles. The van der Waals surface area contributed by atoms with Crippen LogP contribution < -0.4 is 9.47 Å². The van der Waals surface area contributed by atoms with Crippen LogP contribution in [0.2, 0.25) is 0 Å². The van der Waals surface area contributed by atoms with Gasteiger partial charge in [-0.2, -0.15) is 0 Å². The van der Waals surface area contributed by atoms with Crippen LogP contribution in [0, 0.1) is 6.92 Å². The van der Waals surface area contributed by atoms with Crippen molar-refractivity contribution >= 4 is 5.97 Å². The van der Waals surface area contributed by atoms with Crippen molar-refractivity contribution in [2.45, 2.75) is 19.8 Å². The minimum Gasteiger partial charge on any atom is -0.493 e. The van der Waals surface area contributed by atoms with Gasteiger partial charge in [-0.25, -0.2) is 0 Å². The third kappa shape index (κ3) is 4.13. The van der Waals surface area contributed by atoms with Gasteiger partial charge in [0.05, 0.1) is 20.5 Å². The first kappa shape index (κ1) is 14.1. The number of cyclic esters (lactones) is 1. The molecule has 0 bridgehead atoms. The number of hydrogen-bond acceptors (Lipinski definition) is 4. The fraction of sp³-hybridized carbons (Fsp3) is 0.357. The second-order valence-corrected chi connectivity index (χ2v) is 3.71. The van der Waals surface area contributed by atoms with Gasteiger partial charge in [-0.3, -0.25) is 4.79 Å². The Kier molecular flexibility index (Phi) is 5.77. The van der Waals surface area contributed by atoms with Crippen molar-refractivity contribution in [3.63, 3.8) is 0 Å². The average Bonchev–Trinajstić information content (AvgIpc) is 2.40. The zero-order chi connectivity index (χ0) is 13.4. The first-order chi connectivity index (χ1) is 8.69. The monoisotopic (exact) mass is 250 g/mol. The standard InChI is InChI=1S/C9H12O2.C5H6O2/c1-7-5-4-6-8(10-2)9(7)11-3;6-5-3-1-2-4-7-5/h4-6H,1-3H3;2,4H,1,3H2. The molecule has 0 fully saturated rings. The van der Waals surface area contributed by atoms with Crippen LogP contribution in [0.5, 0.6) is 11.5 Å². The molecule has 0 N–H and O–H groups in total. The second-order valence-electron chi connectivity index (χ2n) is 3.71. The Morgan fingerprint density at radius 2 is 2.00 bits per heavy atom. The highest BCUT2D eigenvalue weighted by molar-refractivity contribution is 5.70. The Hall–Kier alpha value is -1.97. The molecule has 18 heavy (non-hydrogen) atoms. The lowest BCUT2D eigenvalue weighted by Crippen LogP contribution is -2.01. The van der Waals surface area contributed by atoms with Gasteiger partial charge in [0.2, 0.25) is 0 Å². The van der Waals surface area contributed by atoms with E-state index < -0.39 is 0 Å². The lowest BCUT2D eigenvalue weighted by Gasteiger charge is -2.08. The Balaban J connectivity index is 0.000000199. The molecule has 1 aliphatic rings. The van der Waals surface area contributed by atoms with Crippen molar-refractivity contribution in [3.8, 4) is 11.5 Å². The number of methoxy groups -OCH3 is 2. The minimum atomic E-state index is -0.123. The van der Waals surface area contributed by atoms with Crippen LogP contribution in [0.15, 0.2) is 30.5 Å². The maximum atomic E-state index is 10.2. The fourth-order valence-corrected chi connectivity index (χ4v) is 1.50. The van der Waals surface area contributed by atoms with E-state index in [1.807, 2.05) is 31.2 Å². The summed E-state index contributed by atoms with van der Waals surface area (Å²) < 4.78 is 14.7. The maximum absolute atomic E-state index is 10.2. The smallest absolute Gasteiger partial charge is 0.310 e. The molecule has 0 saturated heterocycles. The van der Waals surface area contributed by atoms with Crippen LogP contribution in [-0.2, 0) is 9.53 Å². The fourth-order valence-electron chi connectivity index (χ4n) is 1.50. The van der Waals surface area contributed by atoms with Crippen LogP contribution in [0.4, 0.5) is 0 Å². The molecule has 2 rings (SSSR count). The largest absolute Gasteiger partial charge is 0.493 e. The highest BCUT2D eigenvalue weighted by Crippen LogP contribution is 2.29. The van der Waals surface area contributed by atoms with Gasteiger partial charge in [-0.05, 0) is 31.1 Å². The van der Waals surface area contributed by atoms with E-state index in [1.165, 1.54) is 6.26 Å². The molecular formula is C14H18O4. The summed E-state index contributed by atoms with van der Waals surface area (Å²) in [5, 5.41) is 0. The molecule has 1 aromatic carbocycles. The summed E-state index contributed by atoms with van der Waals surface area (Å²) in [5.74, 6) is 1.48. The Labute approximate surface area is 107 Å². The van der Waals surface area contributed by atoms with Crippen molar-refractivity contribution < 1.29 is 19.0 Å². The molecule has 0 radical (unpaired) electrons. The van der Waals surface area contributed by atoms with Crippen LogP contribution in [-0.4, -0.2) is 20.2 Å². The zero-order valence-corrected chi connectivity index (χ0v) is 10.9. The number of benzene rings is 1. The first-order valence-electron chi connectivity index (χ1n) is 5.71. The maximum Gasteiger partial charge on any atom is 0.310 e. The van der Waals surface area contributed by atoms with E-state index >= 15 is 0 Å². The first-order valence-corrected chi connectivity index (χ1v) is 5.71. The third-order valence-corrected chi connectivity index (χ3v) is 2.41. The third-order valence-electron chi connectivity index (χ3n) is 2.41. The number of aryl methyl sites for hydroxylation is 1. The van der Waals surface area contributed by atoms with Gasteiger partial charge >= 0.3 is 5.97 Å². The van der Waals surface area contributed by atoms with E-state index in [-0.39, 0.29) is 5.97 Å². The van der Waals surface area contributed by atoms with Gasteiger partial charge in [-0.15, -0.1) is 0 Å². The van der Waals surface area contributed by atoms with Crippen molar-refractivity contribution in [1.29, 1.82) is 0 Å². The summed E-state index contributed by atoms with van der Waals surface area (Å²) in [4.78, 5) is 10.2. The van der Waals surface area contributed by atoms with Crippen LogP contribution in [0.3, 0.4) is 0 Å². The van der Waals surface area contributed by atoms with Crippen molar-refractivity contribution in [3.05, 3.63) is 36.1 Å². The Bertz CT molecular complexity index is 424. The summed E-state index contributed by atoms with van der Waals surface area (Å²) in [6.07, 6.45) is 4.64. The summed E-state index contributed by atoms with van der Waals surface area (Å²) in [6.45, 7) is 1.99. The molecule has 0 amide bonds. The highest BCUT2D eigenvalue weighted by atomic mass is 16.5. The zero-order valence-electron chi connectivity index (χ0n) is 10.9. The van der Waals surface area contributed by atoms with Gasteiger partial charge in [0.25, 0.3) is 0 Å². The SMILES string of the molecule is COc1cccc(C)c1OC.O=C1CCC=CO1.